The smallest absolute Gasteiger partial charge is 0.322 e. The van der Waals surface area contributed by atoms with Crippen LogP contribution in [0, 0.1) is 0 Å². The first kappa shape index (κ1) is 16.6. The molecule has 0 spiro atoms. The third kappa shape index (κ3) is 4.88. The molecule has 1 aliphatic rings. The maximum Gasteiger partial charge on any atom is 0.322 e. The van der Waals surface area contributed by atoms with Crippen LogP contribution in [0.3, 0.4) is 0 Å². The fraction of sp³-hybridized carbons (Fsp3) is 0.500. The molecule has 0 aliphatic carbocycles. The van der Waals surface area contributed by atoms with Gasteiger partial charge in [-0.1, -0.05) is 0 Å². The molecular formula is C14H21N3O4S. The van der Waals surface area contributed by atoms with Crippen LogP contribution in [-0.2, 0) is 14.8 Å². The molecule has 2 N–H and O–H groups in total. The number of carbonyl (C=O) groups is 1. The molecule has 0 radical (unpaired) electrons. The number of carbonyl (C=O) groups excluding carboxylic acids is 1. The van der Waals surface area contributed by atoms with Gasteiger partial charge in [-0.25, -0.2) is 13.2 Å². The minimum atomic E-state index is -3.30. The summed E-state index contributed by atoms with van der Waals surface area (Å²) >= 11 is 0. The van der Waals surface area contributed by atoms with Crippen molar-refractivity contribution >= 4 is 27.4 Å². The van der Waals surface area contributed by atoms with E-state index in [2.05, 4.69) is 10.0 Å². The average molecular weight is 327 g/mol. The van der Waals surface area contributed by atoms with E-state index in [-0.39, 0.29) is 18.2 Å². The highest BCUT2D eigenvalue weighted by Crippen LogP contribution is 2.16. The average Bonchev–Trinajstić information content (AvgIpc) is 2.38. The van der Waals surface area contributed by atoms with E-state index in [4.69, 9.17) is 4.74 Å². The van der Waals surface area contributed by atoms with Crippen LogP contribution in [0.4, 0.5) is 16.2 Å². The van der Waals surface area contributed by atoms with E-state index in [9.17, 15) is 13.2 Å². The van der Waals surface area contributed by atoms with E-state index in [1.54, 1.807) is 29.2 Å². The van der Waals surface area contributed by atoms with Crippen molar-refractivity contribution in [3.8, 4) is 0 Å². The Balaban J connectivity index is 1.97. The van der Waals surface area contributed by atoms with E-state index in [0.29, 0.717) is 24.5 Å². The number of ether oxygens (including phenoxy) is 1. The van der Waals surface area contributed by atoms with Gasteiger partial charge in [0.2, 0.25) is 10.0 Å². The van der Waals surface area contributed by atoms with Gasteiger partial charge in [-0.15, -0.1) is 0 Å². The van der Waals surface area contributed by atoms with Crippen molar-refractivity contribution in [2.24, 2.45) is 0 Å². The number of morpholine rings is 1. The Morgan fingerprint density at radius 1 is 1.14 bits per heavy atom. The molecule has 1 aromatic carbocycles. The van der Waals surface area contributed by atoms with Crippen molar-refractivity contribution in [1.29, 1.82) is 0 Å². The van der Waals surface area contributed by atoms with E-state index in [1.807, 2.05) is 13.8 Å². The lowest BCUT2D eigenvalue weighted by molar-refractivity contribution is -0.0530. The monoisotopic (exact) mass is 327 g/mol. The molecule has 0 saturated carbocycles. The number of urea groups is 1. The van der Waals surface area contributed by atoms with Gasteiger partial charge in [0.15, 0.2) is 0 Å². The second-order valence-electron chi connectivity index (χ2n) is 5.54. The van der Waals surface area contributed by atoms with Gasteiger partial charge in [0.25, 0.3) is 0 Å². The van der Waals surface area contributed by atoms with Crippen molar-refractivity contribution in [3.63, 3.8) is 0 Å². The number of rotatable bonds is 3. The summed E-state index contributed by atoms with van der Waals surface area (Å²) in [5.74, 6) is 0. The van der Waals surface area contributed by atoms with Gasteiger partial charge in [-0.3, -0.25) is 4.72 Å². The lowest BCUT2D eigenvalue weighted by Gasteiger charge is -2.35. The summed E-state index contributed by atoms with van der Waals surface area (Å²) in [6.07, 6.45) is 1.11. The molecule has 1 saturated heterocycles. The lowest BCUT2D eigenvalue weighted by atomic mass is 10.2. The van der Waals surface area contributed by atoms with Crippen LogP contribution in [0.15, 0.2) is 24.3 Å². The number of benzene rings is 1. The largest absolute Gasteiger partial charge is 0.372 e. The fourth-order valence-electron chi connectivity index (χ4n) is 2.38. The summed E-state index contributed by atoms with van der Waals surface area (Å²) in [5, 5.41) is 2.80. The highest BCUT2D eigenvalue weighted by atomic mass is 32.2. The number of anilines is 2. The molecule has 22 heavy (non-hydrogen) atoms. The second-order valence-corrected chi connectivity index (χ2v) is 7.29. The number of hydrogen-bond donors (Lipinski definition) is 2. The summed E-state index contributed by atoms with van der Waals surface area (Å²) in [6.45, 7) is 4.96. The third-order valence-electron chi connectivity index (χ3n) is 3.15. The molecule has 2 atom stereocenters. The highest BCUT2D eigenvalue weighted by Gasteiger charge is 2.25. The molecule has 2 amide bonds. The Morgan fingerprint density at radius 3 is 2.14 bits per heavy atom. The predicted molar refractivity (Wildman–Crippen MR) is 85.5 cm³/mol. The molecule has 8 heteroatoms. The van der Waals surface area contributed by atoms with Crippen molar-refractivity contribution in [2.75, 3.05) is 29.4 Å². The summed E-state index contributed by atoms with van der Waals surface area (Å²) < 4.78 is 30.2. The first-order valence-electron chi connectivity index (χ1n) is 7.02. The quantitative estimate of drug-likeness (QED) is 0.884. The van der Waals surface area contributed by atoms with Crippen molar-refractivity contribution in [2.45, 2.75) is 26.1 Å². The van der Waals surface area contributed by atoms with Crippen LogP contribution >= 0.6 is 0 Å². The van der Waals surface area contributed by atoms with Crippen LogP contribution in [0.25, 0.3) is 0 Å². The summed E-state index contributed by atoms with van der Waals surface area (Å²) in [5.41, 5.74) is 1.06. The van der Waals surface area contributed by atoms with Crippen LogP contribution in [-0.4, -0.2) is 50.9 Å². The third-order valence-corrected chi connectivity index (χ3v) is 3.75. The molecule has 122 valence electrons. The zero-order valence-corrected chi connectivity index (χ0v) is 13.7. The minimum absolute atomic E-state index is 0.0100. The Labute approximate surface area is 130 Å². The number of hydrogen-bond acceptors (Lipinski definition) is 4. The van der Waals surface area contributed by atoms with Gasteiger partial charge >= 0.3 is 6.03 Å². The van der Waals surface area contributed by atoms with Crippen LogP contribution in [0.2, 0.25) is 0 Å². The van der Waals surface area contributed by atoms with Crippen molar-refractivity contribution in [1.82, 2.24) is 4.90 Å². The molecular weight excluding hydrogens is 306 g/mol. The standard InChI is InChI=1S/C14H21N3O4S/c1-10-8-17(9-11(2)21-10)14(18)15-12-4-6-13(7-5-12)16-22(3,19)20/h4-7,10-11,16H,8-9H2,1-3H3,(H,15,18). The first-order valence-corrected chi connectivity index (χ1v) is 8.91. The maximum atomic E-state index is 12.2. The van der Waals surface area contributed by atoms with Crippen LogP contribution in [0.1, 0.15) is 13.8 Å². The number of sulfonamides is 1. The summed E-state index contributed by atoms with van der Waals surface area (Å²) in [7, 11) is -3.30. The van der Waals surface area contributed by atoms with Gasteiger partial charge in [0.05, 0.1) is 18.5 Å². The number of nitrogens with one attached hydrogen (secondary N) is 2. The molecule has 1 heterocycles. The lowest BCUT2D eigenvalue weighted by Crippen LogP contribution is -2.49. The highest BCUT2D eigenvalue weighted by molar-refractivity contribution is 7.92. The van der Waals surface area contributed by atoms with Gasteiger partial charge < -0.3 is 15.0 Å². The van der Waals surface area contributed by atoms with Gasteiger partial charge in [-0.2, -0.15) is 0 Å². The van der Waals surface area contributed by atoms with E-state index >= 15 is 0 Å². The fourth-order valence-corrected chi connectivity index (χ4v) is 2.95. The van der Waals surface area contributed by atoms with Crippen molar-refractivity contribution in [3.05, 3.63) is 24.3 Å². The molecule has 1 aromatic rings. The van der Waals surface area contributed by atoms with Crippen LogP contribution in [0.5, 0.6) is 0 Å². The van der Waals surface area contributed by atoms with E-state index in [0.717, 1.165) is 6.26 Å². The minimum Gasteiger partial charge on any atom is -0.372 e. The van der Waals surface area contributed by atoms with Gasteiger partial charge in [0, 0.05) is 24.5 Å². The molecule has 0 aromatic heterocycles. The number of nitrogens with zero attached hydrogens (tertiary/aromatic N) is 1. The zero-order chi connectivity index (χ0) is 16.3. The summed E-state index contributed by atoms with van der Waals surface area (Å²) in [4.78, 5) is 13.9. The Morgan fingerprint density at radius 2 is 1.64 bits per heavy atom. The molecule has 2 unspecified atom stereocenters. The molecule has 1 aliphatic heterocycles. The van der Waals surface area contributed by atoms with Gasteiger partial charge in [-0.05, 0) is 38.1 Å². The SMILES string of the molecule is CC1CN(C(=O)Nc2ccc(NS(C)(=O)=O)cc2)CC(C)O1. The first-order chi connectivity index (χ1) is 10.2. The van der Waals surface area contributed by atoms with Gasteiger partial charge in [0.1, 0.15) is 0 Å². The Kier molecular flexibility index (Phi) is 4.92. The Hall–Kier alpha value is -1.80. The second kappa shape index (κ2) is 6.53. The zero-order valence-electron chi connectivity index (χ0n) is 12.9. The summed E-state index contributed by atoms with van der Waals surface area (Å²) in [6, 6.07) is 6.31. The Bertz CT molecular complexity index is 620. The predicted octanol–water partition coefficient (Wildman–Crippen LogP) is 1.70. The molecule has 2 rings (SSSR count). The van der Waals surface area contributed by atoms with Crippen molar-refractivity contribution < 1.29 is 17.9 Å². The maximum absolute atomic E-state index is 12.2. The van der Waals surface area contributed by atoms with E-state index < -0.39 is 10.0 Å². The normalized spacial score (nSPS) is 22.2. The molecule has 1 fully saturated rings. The topological polar surface area (TPSA) is 87.7 Å². The molecule has 7 nitrogen and oxygen atoms in total. The van der Waals surface area contributed by atoms with E-state index in [1.165, 1.54) is 0 Å². The molecule has 0 bridgehead atoms. The van der Waals surface area contributed by atoms with Crippen LogP contribution < -0.4 is 10.0 Å². The number of amides is 2.